The molecule has 1 heterocycles. The van der Waals surface area contributed by atoms with Crippen LogP contribution in [-0.4, -0.2) is 18.0 Å². The summed E-state index contributed by atoms with van der Waals surface area (Å²) in [5.74, 6) is 0.518. The highest BCUT2D eigenvalue weighted by atomic mass is 16.6. The minimum Gasteiger partial charge on any atom is -0.465 e. The monoisotopic (exact) mass is 374 g/mol. The average Bonchev–Trinajstić information content (AvgIpc) is 3.20. The second kappa shape index (κ2) is 8.01. The first-order valence-electron chi connectivity index (χ1n) is 8.17. The molecular weight excluding hydrogens is 360 g/mol. The molecule has 28 heavy (non-hydrogen) atoms. The summed E-state index contributed by atoms with van der Waals surface area (Å²) in [5.41, 5.74) is 1.89. The Kier molecular flexibility index (Phi) is 5.33. The quantitative estimate of drug-likeness (QED) is 0.277. The van der Waals surface area contributed by atoms with E-state index in [1.807, 2.05) is 0 Å². The van der Waals surface area contributed by atoms with Gasteiger partial charge in [-0.05, 0) is 48.0 Å². The number of carbonyl (C=O) groups excluding carboxylic acids is 1. The minimum atomic E-state index is -0.499. The molecule has 0 saturated carbocycles. The lowest BCUT2D eigenvalue weighted by Crippen LogP contribution is -2.00. The first-order chi connectivity index (χ1) is 13.5. The lowest BCUT2D eigenvalue weighted by atomic mass is 10.1. The Labute approximate surface area is 160 Å². The van der Waals surface area contributed by atoms with E-state index >= 15 is 0 Å². The average molecular weight is 374 g/mol. The summed E-state index contributed by atoms with van der Waals surface area (Å²) in [4.78, 5) is 21.9. The Morgan fingerprint density at radius 3 is 2.54 bits per heavy atom. The van der Waals surface area contributed by atoms with E-state index in [2.05, 4.69) is 6.07 Å². The molecule has 0 N–H and O–H groups in total. The van der Waals surface area contributed by atoms with Gasteiger partial charge in [0, 0.05) is 17.7 Å². The number of furan rings is 1. The third-order valence-electron chi connectivity index (χ3n) is 3.99. The van der Waals surface area contributed by atoms with Gasteiger partial charge in [-0.15, -0.1) is 0 Å². The second-order valence-electron chi connectivity index (χ2n) is 5.75. The molecule has 138 valence electrons. The van der Waals surface area contributed by atoms with Gasteiger partial charge < -0.3 is 9.15 Å². The van der Waals surface area contributed by atoms with E-state index in [1.54, 1.807) is 42.5 Å². The number of carbonyl (C=O) groups is 1. The first-order valence-corrected chi connectivity index (χ1v) is 8.17. The Morgan fingerprint density at radius 1 is 1.14 bits per heavy atom. The zero-order valence-electron chi connectivity index (χ0n) is 14.8. The number of benzene rings is 2. The van der Waals surface area contributed by atoms with Crippen LogP contribution in [0.1, 0.15) is 21.7 Å². The van der Waals surface area contributed by atoms with E-state index in [-0.39, 0.29) is 5.69 Å². The summed E-state index contributed by atoms with van der Waals surface area (Å²) in [6.45, 7) is 0. The van der Waals surface area contributed by atoms with Crippen LogP contribution in [0.15, 0.2) is 65.1 Å². The maximum atomic E-state index is 11.7. The van der Waals surface area contributed by atoms with E-state index in [0.29, 0.717) is 33.8 Å². The van der Waals surface area contributed by atoms with Crippen LogP contribution in [0, 0.1) is 21.4 Å². The van der Waals surface area contributed by atoms with Crippen molar-refractivity contribution in [1.82, 2.24) is 0 Å². The third kappa shape index (κ3) is 3.97. The Bertz CT molecular complexity index is 1100. The van der Waals surface area contributed by atoms with Crippen LogP contribution in [0.2, 0.25) is 0 Å². The van der Waals surface area contributed by atoms with Crippen LogP contribution < -0.4 is 0 Å². The summed E-state index contributed by atoms with van der Waals surface area (Å²) < 4.78 is 10.5. The van der Waals surface area contributed by atoms with Gasteiger partial charge in [-0.1, -0.05) is 12.1 Å². The van der Waals surface area contributed by atoms with Gasteiger partial charge in [0.1, 0.15) is 11.5 Å². The number of hydrogen-bond acceptors (Lipinski definition) is 6. The molecule has 0 unspecified atom stereocenters. The van der Waals surface area contributed by atoms with Crippen LogP contribution in [0.3, 0.4) is 0 Å². The van der Waals surface area contributed by atoms with E-state index < -0.39 is 10.9 Å². The van der Waals surface area contributed by atoms with Gasteiger partial charge in [-0.2, -0.15) is 5.26 Å². The highest BCUT2D eigenvalue weighted by molar-refractivity contribution is 5.91. The lowest BCUT2D eigenvalue weighted by molar-refractivity contribution is -0.384. The molecule has 0 spiro atoms. The summed E-state index contributed by atoms with van der Waals surface area (Å²) in [7, 11) is 1.31. The van der Waals surface area contributed by atoms with Gasteiger partial charge in [0.05, 0.1) is 29.2 Å². The number of methoxy groups -OCH3 is 1. The number of nitrogens with zero attached hydrogens (tertiary/aromatic N) is 2. The highest BCUT2D eigenvalue weighted by Crippen LogP contribution is 2.26. The lowest BCUT2D eigenvalue weighted by Gasteiger charge is -2.02. The molecule has 1 aromatic heterocycles. The Balaban J connectivity index is 1.89. The number of allylic oxidation sites excluding steroid dienone is 1. The van der Waals surface area contributed by atoms with Crippen LogP contribution in [0.25, 0.3) is 23.0 Å². The number of hydrogen-bond donors (Lipinski definition) is 0. The van der Waals surface area contributed by atoms with Crippen LogP contribution in [0.5, 0.6) is 0 Å². The molecule has 0 radical (unpaired) electrons. The highest BCUT2D eigenvalue weighted by Gasteiger charge is 2.11. The second-order valence-corrected chi connectivity index (χ2v) is 5.75. The fraction of sp³-hybridized carbons (Fsp3) is 0.0476. The smallest absolute Gasteiger partial charge is 0.337 e. The molecule has 3 rings (SSSR count). The van der Waals surface area contributed by atoms with Crippen molar-refractivity contribution in [2.75, 3.05) is 7.11 Å². The molecular formula is C21H14N2O5. The fourth-order valence-corrected chi connectivity index (χ4v) is 2.59. The van der Waals surface area contributed by atoms with Crippen molar-refractivity contribution in [2.45, 2.75) is 0 Å². The number of ether oxygens (including phenoxy) is 1. The number of nitriles is 1. The van der Waals surface area contributed by atoms with Gasteiger partial charge in [-0.3, -0.25) is 10.1 Å². The van der Waals surface area contributed by atoms with Gasteiger partial charge in [0.15, 0.2) is 0 Å². The number of nitro benzene ring substituents is 1. The molecule has 0 aliphatic rings. The number of rotatable bonds is 5. The predicted molar refractivity (Wildman–Crippen MR) is 102 cm³/mol. The fourth-order valence-electron chi connectivity index (χ4n) is 2.59. The molecule has 7 nitrogen and oxygen atoms in total. The maximum absolute atomic E-state index is 11.7. The van der Waals surface area contributed by atoms with Crippen molar-refractivity contribution in [3.63, 3.8) is 0 Å². The summed E-state index contributed by atoms with van der Waals surface area (Å²) in [5, 5.41) is 20.2. The van der Waals surface area contributed by atoms with Gasteiger partial charge in [0.2, 0.25) is 0 Å². The van der Waals surface area contributed by atoms with Crippen molar-refractivity contribution in [3.8, 4) is 17.4 Å². The van der Waals surface area contributed by atoms with Crippen molar-refractivity contribution >= 4 is 23.3 Å². The van der Waals surface area contributed by atoms with Crippen molar-refractivity contribution < 1.29 is 18.9 Å². The molecule has 0 aliphatic heterocycles. The molecule has 0 saturated heterocycles. The van der Waals surface area contributed by atoms with Crippen molar-refractivity contribution in [3.05, 3.63) is 87.7 Å². The van der Waals surface area contributed by atoms with Crippen LogP contribution >= 0.6 is 0 Å². The van der Waals surface area contributed by atoms with Gasteiger partial charge >= 0.3 is 5.97 Å². The van der Waals surface area contributed by atoms with Gasteiger partial charge in [-0.25, -0.2) is 4.79 Å². The Hall–Kier alpha value is -4.18. The zero-order valence-corrected chi connectivity index (χ0v) is 14.8. The Morgan fingerprint density at radius 2 is 1.89 bits per heavy atom. The number of non-ortho nitro benzene ring substituents is 1. The summed E-state index contributed by atoms with van der Waals surface area (Å²) >= 11 is 0. The molecule has 0 aliphatic carbocycles. The first kappa shape index (κ1) is 18.6. The maximum Gasteiger partial charge on any atom is 0.337 e. The molecule has 0 bridgehead atoms. The predicted octanol–water partition coefficient (Wildman–Crippen LogP) is 4.71. The third-order valence-corrected chi connectivity index (χ3v) is 3.99. The largest absolute Gasteiger partial charge is 0.465 e. The molecule has 0 amide bonds. The van der Waals surface area contributed by atoms with E-state index in [0.717, 1.165) is 0 Å². The molecule has 0 fully saturated rings. The molecule has 2 aromatic carbocycles. The SMILES string of the molecule is COC(=O)c1cccc(-c2ccc(/C=C(/C#N)c3ccc([N+](=O)[O-])cc3)o2)c1. The summed E-state index contributed by atoms with van der Waals surface area (Å²) in [6, 6.07) is 18.0. The van der Waals surface area contributed by atoms with Crippen LogP contribution in [0.4, 0.5) is 5.69 Å². The van der Waals surface area contributed by atoms with E-state index in [1.165, 1.54) is 31.4 Å². The van der Waals surface area contributed by atoms with Gasteiger partial charge in [0.25, 0.3) is 5.69 Å². The van der Waals surface area contributed by atoms with Crippen molar-refractivity contribution in [2.24, 2.45) is 0 Å². The van der Waals surface area contributed by atoms with E-state index in [4.69, 9.17) is 9.15 Å². The zero-order chi connectivity index (χ0) is 20.1. The number of esters is 1. The molecule has 0 atom stereocenters. The normalized spacial score (nSPS) is 10.9. The standard InChI is InChI=1S/C21H14N2O5/c1-27-21(24)16-4-2-3-15(11-16)20-10-9-19(28-20)12-17(13-22)14-5-7-18(8-6-14)23(25)26/h2-12H,1H3/b17-12-. The van der Waals surface area contributed by atoms with E-state index in [9.17, 15) is 20.2 Å². The molecule has 3 aromatic rings. The minimum absolute atomic E-state index is 0.0492. The molecule has 7 heteroatoms. The topological polar surface area (TPSA) is 106 Å². The number of nitro groups is 1. The van der Waals surface area contributed by atoms with Crippen molar-refractivity contribution in [1.29, 1.82) is 5.26 Å². The van der Waals surface area contributed by atoms with Crippen LogP contribution in [-0.2, 0) is 4.74 Å². The summed E-state index contributed by atoms with van der Waals surface area (Å²) in [6.07, 6.45) is 1.55.